The Bertz CT molecular complexity index is 943. The summed E-state index contributed by atoms with van der Waals surface area (Å²) in [5.41, 5.74) is 3.69. The third-order valence-electron chi connectivity index (χ3n) is 3.38. The van der Waals surface area contributed by atoms with Crippen molar-refractivity contribution in [3.63, 3.8) is 0 Å². The van der Waals surface area contributed by atoms with Crippen LogP contribution in [0.25, 0.3) is 27.5 Å². The van der Waals surface area contributed by atoms with Gasteiger partial charge in [-0.25, -0.2) is 4.98 Å². The largest absolute Gasteiger partial charge is 0.298 e. The fourth-order valence-electron chi connectivity index (χ4n) is 2.50. The van der Waals surface area contributed by atoms with E-state index in [-0.39, 0.29) is 0 Å². The van der Waals surface area contributed by atoms with Gasteiger partial charge in [-0.15, -0.1) is 0 Å². The van der Waals surface area contributed by atoms with Gasteiger partial charge in [0.15, 0.2) is 0 Å². The van der Waals surface area contributed by atoms with Crippen LogP contribution in [0, 0.1) is 0 Å². The second kappa shape index (κ2) is 3.84. The smallest absolute Gasteiger partial charge is 0.145 e. The van der Waals surface area contributed by atoms with Gasteiger partial charge in [0.2, 0.25) is 0 Å². The molecule has 88 valence electrons. The summed E-state index contributed by atoms with van der Waals surface area (Å²) in [6, 6.07) is 14.0. The summed E-state index contributed by atoms with van der Waals surface area (Å²) in [7, 11) is 5.87. The van der Waals surface area contributed by atoms with Gasteiger partial charge in [-0.3, -0.25) is 4.40 Å². The fourth-order valence-corrected chi connectivity index (χ4v) is 3.05. The van der Waals surface area contributed by atoms with Gasteiger partial charge in [0.25, 0.3) is 0 Å². The molecule has 4 heteroatoms. The van der Waals surface area contributed by atoms with E-state index in [2.05, 4.69) is 32.5 Å². The number of nitrogens with zero attached hydrogens (tertiary/aromatic N) is 2. The summed E-state index contributed by atoms with van der Waals surface area (Å²) in [6.07, 6.45) is 2.05. The standard InChI is InChI=1S/C15H8BBrN2/c16-9-5-6-13-14(7-9)19-8-12(17)10-3-1-2-4-11(10)15(19)18-13/h1-8H. The summed E-state index contributed by atoms with van der Waals surface area (Å²) in [6.45, 7) is 0. The van der Waals surface area contributed by atoms with Gasteiger partial charge in [0, 0.05) is 21.4 Å². The van der Waals surface area contributed by atoms with Crippen LogP contribution in [0.4, 0.5) is 0 Å². The molecule has 0 atom stereocenters. The summed E-state index contributed by atoms with van der Waals surface area (Å²) in [5.74, 6) is 0. The van der Waals surface area contributed by atoms with E-state index in [4.69, 9.17) is 12.8 Å². The molecule has 0 aliphatic heterocycles. The highest BCUT2D eigenvalue weighted by Gasteiger charge is 2.10. The molecule has 0 unspecified atom stereocenters. The molecule has 0 saturated heterocycles. The van der Waals surface area contributed by atoms with E-state index in [9.17, 15) is 0 Å². The van der Waals surface area contributed by atoms with Crippen molar-refractivity contribution in [1.82, 2.24) is 9.38 Å². The van der Waals surface area contributed by atoms with Gasteiger partial charge in [-0.1, -0.05) is 35.8 Å². The maximum absolute atomic E-state index is 5.87. The number of hydrogen-bond donors (Lipinski definition) is 0. The van der Waals surface area contributed by atoms with Crippen molar-refractivity contribution in [1.29, 1.82) is 0 Å². The van der Waals surface area contributed by atoms with Gasteiger partial charge in [0.1, 0.15) is 13.5 Å². The lowest BCUT2D eigenvalue weighted by molar-refractivity contribution is 1.24. The van der Waals surface area contributed by atoms with Crippen molar-refractivity contribution in [2.45, 2.75) is 0 Å². The maximum Gasteiger partial charge on any atom is 0.145 e. The Labute approximate surface area is 119 Å². The molecule has 0 aliphatic carbocycles. The minimum Gasteiger partial charge on any atom is -0.298 e. The summed E-state index contributed by atoms with van der Waals surface area (Å²) >= 11 is 3.63. The van der Waals surface area contributed by atoms with Gasteiger partial charge in [-0.2, -0.15) is 0 Å². The second-order valence-electron chi connectivity index (χ2n) is 4.58. The Morgan fingerprint density at radius 3 is 2.68 bits per heavy atom. The Hall–Kier alpha value is -1.81. The summed E-state index contributed by atoms with van der Waals surface area (Å²) in [5, 5.41) is 2.30. The van der Waals surface area contributed by atoms with Crippen LogP contribution in [0.15, 0.2) is 53.1 Å². The van der Waals surface area contributed by atoms with Crippen LogP contribution in [0.5, 0.6) is 0 Å². The number of aromatic nitrogens is 2. The van der Waals surface area contributed by atoms with Crippen LogP contribution in [-0.4, -0.2) is 17.2 Å². The number of rotatable bonds is 0. The van der Waals surface area contributed by atoms with Crippen LogP contribution in [0.1, 0.15) is 0 Å². The molecule has 19 heavy (non-hydrogen) atoms. The number of halogens is 1. The zero-order valence-electron chi connectivity index (χ0n) is 9.97. The first-order valence-corrected chi connectivity index (χ1v) is 6.78. The Kier molecular flexibility index (Phi) is 2.24. The molecule has 0 saturated carbocycles. The first kappa shape index (κ1) is 11.1. The van der Waals surface area contributed by atoms with Crippen LogP contribution in [0.3, 0.4) is 0 Å². The lowest BCUT2D eigenvalue weighted by Crippen LogP contribution is -2.00. The lowest BCUT2D eigenvalue weighted by atomic mass is 9.96. The molecule has 4 rings (SSSR count). The molecular weight excluding hydrogens is 299 g/mol. The Morgan fingerprint density at radius 2 is 1.84 bits per heavy atom. The molecule has 2 aromatic heterocycles. The van der Waals surface area contributed by atoms with Gasteiger partial charge >= 0.3 is 0 Å². The molecule has 0 amide bonds. The fraction of sp³-hybridized carbons (Fsp3) is 0. The van der Waals surface area contributed by atoms with Crippen molar-refractivity contribution >= 4 is 56.7 Å². The number of hydrogen-bond acceptors (Lipinski definition) is 1. The minimum atomic E-state index is 0.749. The summed E-state index contributed by atoms with van der Waals surface area (Å²) in [4.78, 5) is 4.71. The van der Waals surface area contributed by atoms with E-state index in [1.54, 1.807) is 0 Å². The number of pyridine rings is 1. The average Bonchev–Trinajstić information content (AvgIpc) is 2.78. The van der Waals surface area contributed by atoms with E-state index < -0.39 is 0 Å². The molecule has 2 nitrogen and oxygen atoms in total. The average molecular weight is 307 g/mol. The molecule has 4 aromatic rings. The van der Waals surface area contributed by atoms with Crippen molar-refractivity contribution in [2.24, 2.45) is 0 Å². The highest BCUT2D eigenvalue weighted by atomic mass is 79.9. The molecule has 0 aliphatic rings. The normalized spacial score (nSPS) is 11.6. The molecule has 0 bridgehead atoms. The highest BCUT2D eigenvalue weighted by Crippen LogP contribution is 2.29. The van der Waals surface area contributed by atoms with Gasteiger partial charge in [0.05, 0.1) is 11.0 Å². The van der Waals surface area contributed by atoms with Crippen LogP contribution < -0.4 is 5.46 Å². The predicted molar refractivity (Wildman–Crippen MR) is 83.3 cm³/mol. The van der Waals surface area contributed by atoms with E-state index in [1.807, 2.05) is 36.5 Å². The van der Waals surface area contributed by atoms with Crippen molar-refractivity contribution < 1.29 is 0 Å². The first-order valence-electron chi connectivity index (χ1n) is 5.98. The molecular formula is C15H8BBrN2. The quantitative estimate of drug-likeness (QED) is 0.456. The van der Waals surface area contributed by atoms with Gasteiger partial charge in [-0.05, 0) is 28.1 Å². The third kappa shape index (κ3) is 1.53. The van der Waals surface area contributed by atoms with E-state index in [1.165, 1.54) is 5.39 Å². The zero-order chi connectivity index (χ0) is 13.0. The van der Waals surface area contributed by atoms with Crippen LogP contribution in [-0.2, 0) is 0 Å². The topological polar surface area (TPSA) is 17.3 Å². The molecule has 0 N–H and O–H groups in total. The second-order valence-corrected chi connectivity index (χ2v) is 5.43. The Morgan fingerprint density at radius 1 is 1.05 bits per heavy atom. The van der Waals surface area contributed by atoms with E-state index >= 15 is 0 Å². The Balaban J connectivity index is 2.32. The van der Waals surface area contributed by atoms with E-state index in [0.717, 1.165) is 32.0 Å². The van der Waals surface area contributed by atoms with Crippen LogP contribution in [0.2, 0.25) is 0 Å². The zero-order valence-corrected chi connectivity index (χ0v) is 11.6. The molecule has 0 spiro atoms. The van der Waals surface area contributed by atoms with Crippen LogP contribution >= 0.6 is 15.9 Å². The highest BCUT2D eigenvalue weighted by molar-refractivity contribution is 9.10. The van der Waals surface area contributed by atoms with Gasteiger partial charge < -0.3 is 0 Å². The maximum atomic E-state index is 5.87. The lowest BCUT2D eigenvalue weighted by Gasteiger charge is -2.04. The monoisotopic (exact) mass is 306 g/mol. The SMILES string of the molecule is [B]c1ccc2nc3c4ccccc4c(Br)cn3c2c1. The van der Waals surface area contributed by atoms with Crippen molar-refractivity contribution in [2.75, 3.05) is 0 Å². The first-order chi connectivity index (χ1) is 9.24. The third-order valence-corrected chi connectivity index (χ3v) is 4.01. The van der Waals surface area contributed by atoms with E-state index in [0.29, 0.717) is 0 Å². The number of imidazole rings is 1. The molecule has 2 radical (unpaired) electrons. The molecule has 2 heterocycles. The van der Waals surface area contributed by atoms with Crippen molar-refractivity contribution in [3.05, 3.63) is 53.1 Å². The molecule has 2 aromatic carbocycles. The van der Waals surface area contributed by atoms with Crippen molar-refractivity contribution in [3.8, 4) is 0 Å². The number of benzene rings is 2. The minimum absolute atomic E-state index is 0.749. The number of fused-ring (bicyclic) bond motifs is 5. The molecule has 0 fully saturated rings. The summed E-state index contributed by atoms with van der Waals surface area (Å²) < 4.78 is 3.13. The predicted octanol–water partition coefficient (Wildman–Crippen LogP) is 3.20.